The van der Waals surface area contributed by atoms with E-state index in [1.807, 2.05) is 0 Å². The second-order valence-corrected chi connectivity index (χ2v) is 9.67. The number of quaternary nitrogens is 1. The molecule has 0 bridgehead atoms. The van der Waals surface area contributed by atoms with Crippen molar-refractivity contribution in [3.8, 4) is 11.5 Å². The van der Waals surface area contributed by atoms with Crippen LogP contribution in [0.5, 0.6) is 11.5 Å². The van der Waals surface area contributed by atoms with Crippen molar-refractivity contribution < 1.29 is 27.6 Å². The van der Waals surface area contributed by atoms with E-state index in [-0.39, 0.29) is 35.9 Å². The number of ketones is 1. The van der Waals surface area contributed by atoms with Crippen molar-refractivity contribution in [2.75, 3.05) is 52.7 Å². The molecule has 0 spiro atoms. The molecule has 0 unspecified atom stereocenters. The molecule has 33 heavy (non-hydrogen) atoms. The van der Waals surface area contributed by atoms with E-state index in [4.69, 9.17) is 15.2 Å². The Balaban J connectivity index is 1.73. The highest BCUT2D eigenvalue weighted by Gasteiger charge is 2.33. The number of nitrogen functional groups attached to an aromatic ring is 1. The number of carbonyl (C=O) groups is 1. The molecular weight excluding hydrogens is 454 g/mol. The maximum atomic E-state index is 13.1. The third-order valence-corrected chi connectivity index (χ3v) is 7.72. The van der Waals surface area contributed by atoms with Crippen molar-refractivity contribution in [1.82, 2.24) is 13.4 Å². The van der Waals surface area contributed by atoms with Crippen LogP contribution in [-0.2, 0) is 24.1 Å². The van der Waals surface area contributed by atoms with Gasteiger partial charge < -0.3 is 20.1 Å². The number of hydrogen-bond acceptors (Lipinski definition) is 8. The smallest absolute Gasteiger partial charge is 0.332 e. The third-order valence-electron chi connectivity index (χ3n) is 5.82. The quantitative estimate of drug-likeness (QED) is 0.410. The molecule has 0 aliphatic carbocycles. The van der Waals surface area contributed by atoms with Gasteiger partial charge in [0.1, 0.15) is 17.9 Å². The van der Waals surface area contributed by atoms with Crippen LogP contribution in [-0.4, -0.2) is 74.6 Å². The SMILES string of the molecule is COc1ccc(S(=O)(=O)N2CC[NH+](CC(=O)c3c(N)n(C)c(=O)n(C)c3=O)CC2)cc1OC. The van der Waals surface area contributed by atoms with Gasteiger partial charge in [-0.1, -0.05) is 0 Å². The van der Waals surface area contributed by atoms with Gasteiger partial charge in [-0.2, -0.15) is 4.31 Å². The molecular formula is C20H28N5O7S+. The minimum Gasteiger partial charge on any atom is -0.493 e. The number of benzene rings is 1. The van der Waals surface area contributed by atoms with Crippen LogP contribution in [0.4, 0.5) is 5.82 Å². The largest absolute Gasteiger partial charge is 0.493 e. The summed E-state index contributed by atoms with van der Waals surface area (Å²) in [5.41, 5.74) is 4.27. The lowest BCUT2D eigenvalue weighted by molar-refractivity contribution is -0.895. The fourth-order valence-electron chi connectivity index (χ4n) is 3.78. The highest BCUT2D eigenvalue weighted by Crippen LogP contribution is 2.30. The molecule has 1 aliphatic heterocycles. The van der Waals surface area contributed by atoms with Gasteiger partial charge in [-0.25, -0.2) is 13.2 Å². The number of piperazine rings is 1. The molecule has 0 amide bonds. The number of ether oxygens (including phenoxy) is 2. The van der Waals surface area contributed by atoms with E-state index in [1.165, 1.54) is 50.8 Å². The van der Waals surface area contributed by atoms with Crippen LogP contribution in [0.1, 0.15) is 10.4 Å². The Morgan fingerprint density at radius 2 is 1.67 bits per heavy atom. The van der Waals surface area contributed by atoms with Crippen molar-refractivity contribution in [1.29, 1.82) is 0 Å². The number of hydrogen-bond donors (Lipinski definition) is 2. The van der Waals surface area contributed by atoms with Crippen LogP contribution in [0.25, 0.3) is 0 Å². The summed E-state index contributed by atoms with van der Waals surface area (Å²) in [4.78, 5) is 38.1. The molecule has 12 nitrogen and oxygen atoms in total. The van der Waals surface area contributed by atoms with Crippen LogP contribution in [0.3, 0.4) is 0 Å². The van der Waals surface area contributed by atoms with E-state index in [0.717, 1.165) is 14.0 Å². The van der Waals surface area contributed by atoms with Gasteiger partial charge in [0.25, 0.3) is 5.56 Å². The lowest BCUT2D eigenvalue weighted by Gasteiger charge is -2.31. The molecule has 13 heteroatoms. The first-order valence-electron chi connectivity index (χ1n) is 10.2. The highest BCUT2D eigenvalue weighted by molar-refractivity contribution is 7.89. The molecule has 0 atom stereocenters. The minimum absolute atomic E-state index is 0.0398. The van der Waals surface area contributed by atoms with Crippen LogP contribution < -0.4 is 31.4 Å². The van der Waals surface area contributed by atoms with Crippen LogP contribution in [0.15, 0.2) is 32.7 Å². The molecule has 0 saturated carbocycles. The van der Waals surface area contributed by atoms with E-state index >= 15 is 0 Å². The summed E-state index contributed by atoms with van der Waals surface area (Å²) in [7, 11) is 1.80. The van der Waals surface area contributed by atoms with Crippen molar-refractivity contribution >= 4 is 21.6 Å². The normalized spacial score (nSPS) is 15.4. The first-order valence-corrected chi connectivity index (χ1v) is 11.6. The van der Waals surface area contributed by atoms with Gasteiger partial charge in [-0.05, 0) is 12.1 Å². The number of Topliss-reactive ketones (excluding diaryl/α,β-unsaturated/α-hetero) is 1. The second kappa shape index (κ2) is 9.37. The Hall–Kier alpha value is -3.16. The zero-order valence-corrected chi connectivity index (χ0v) is 19.8. The summed E-state index contributed by atoms with van der Waals surface area (Å²) < 4.78 is 39.7. The van der Waals surface area contributed by atoms with Gasteiger partial charge in [0, 0.05) is 20.2 Å². The summed E-state index contributed by atoms with van der Waals surface area (Å²) in [6, 6.07) is 4.40. The molecule has 1 aliphatic rings. The number of aromatic nitrogens is 2. The molecule has 3 N–H and O–H groups in total. The molecule has 1 aromatic heterocycles. The molecule has 1 saturated heterocycles. The van der Waals surface area contributed by atoms with Gasteiger partial charge >= 0.3 is 5.69 Å². The number of sulfonamides is 1. The van der Waals surface area contributed by atoms with E-state index in [1.54, 1.807) is 0 Å². The first kappa shape index (κ1) is 24.5. The van der Waals surface area contributed by atoms with Crippen LogP contribution >= 0.6 is 0 Å². The standard InChI is InChI=1S/C20H27N5O7S/c1-22-18(21)17(19(27)23(2)20(22)28)14(26)12-24-7-9-25(10-8-24)33(29,30)13-5-6-15(31-3)16(11-13)32-4/h5-6,11H,7-10,12,21H2,1-4H3/p+1. The molecule has 0 radical (unpaired) electrons. The predicted molar refractivity (Wildman–Crippen MR) is 120 cm³/mol. The topological polar surface area (TPSA) is 147 Å². The molecule has 2 aromatic rings. The lowest BCUT2D eigenvalue weighted by atomic mass is 10.1. The summed E-state index contributed by atoms with van der Waals surface area (Å²) in [6.45, 7) is 1.08. The monoisotopic (exact) mass is 482 g/mol. The van der Waals surface area contributed by atoms with Crippen LogP contribution in [0.2, 0.25) is 0 Å². The Morgan fingerprint density at radius 1 is 1.06 bits per heavy atom. The predicted octanol–water partition coefficient (Wildman–Crippen LogP) is -2.54. The maximum absolute atomic E-state index is 13.1. The first-order chi connectivity index (χ1) is 15.5. The average Bonchev–Trinajstić information content (AvgIpc) is 2.81. The second-order valence-electron chi connectivity index (χ2n) is 7.74. The number of nitrogens with two attached hydrogens (primary N) is 1. The average molecular weight is 483 g/mol. The van der Waals surface area contributed by atoms with Crippen molar-refractivity contribution in [3.63, 3.8) is 0 Å². The molecule has 1 fully saturated rings. The third kappa shape index (κ3) is 4.51. The summed E-state index contributed by atoms with van der Waals surface area (Å²) in [6.07, 6.45) is 0. The summed E-state index contributed by atoms with van der Waals surface area (Å²) >= 11 is 0. The van der Waals surface area contributed by atoms with Crippen LogP contribution in [0, 0.1) is 0 Å². The molecule has 2 heterocycles. The van der Waals surface area contributed by atoms with Crippen molar-refractivity contribution in [2.24, 2.45) is 14.1 Å². The summed E-state index contributed by atoms with van der Waals surface area (Å²) in [5, 5.41) is 0. The van der Waals surface area contributed by atoms with Gasteiger partial charge in [-0.3, -0.25) is 18.7 Å². The van der Waals surface area contributed by atoms with Gasteiger partial charge in [0.15, 0.2) is 11.5 Å². The number of carbonyl (C=O) groups excluding carboxylic acids is 1. The van der Waals surface area contributed by atoms with E-state index in [2.05, 4.69) is 0 Å². The van der Waals surface area contributed by atoms with Gasteiger partial charge in [0.2, 0.25) is 15.8 Å². The van der Waals surface area contributed by atoms with E-state index in [9.17, 15) is 22.8 Å². The number of rotatable bonds is 7. The Labute approximate surface area is 190 Å². The number of methoxy groups -OCH3 is 2. The maximum Gasteiger partial charge on any atom is 0.332 e. The fourth-order valence-corrected chi connectivity index (χ4v) is 5.24. The van der Waals surface area contributed by atoms with Gasteiger partial charge in [-0.15, -0.1) is 0 Å². The zero-order valence-electron chi connectivity index (χ0n) is 19.0. The number of nitrogens with zero attached hydrogens (tertiary/aromatic N) is 3. The summed E-state index contributed by atoms with van der Waals surface area (Å²) in [5.74, 6) is 0.0648. The van der Waals surface area contributed by atoms with Crippen molar-refractivity contribution in [2.45, 2.75) is 4.90 Å². The fraction of sp³-hybridized carbons (Fsp3) is 0.450. The lowest BCUT2D eigenvalue weighted by Crippen LogP contribution is -3.15. The molecule has 180 valence electrons. The molecule has 3 rings (SSSR count). The highest BCUT2D eigenvalue weighted by atomic mass is 32.2. The van der Waals surface area contributed by atoms with Crippen molar-refractivity contribution in [3.05, 3.63) is 44.6 Å². The van der Waals surface area contributed by atoms with E-state index in [0.29, 0.717) is 24.6 Å². The van der Waals surface area contributed by atoms with E-state index < -0.39 is 27.1 Å². The Morgan fingerprint density at radius 3 is 2.24 bits per heavy atom. The Bertz CT molecular complexity index is 1290. The minimum atomic E-state index is -3.76. The molecule has 1 aromatic carbocycles. The Kier molecular flexibility index (Phi) is 6.95. The zero-order chi connectivity index (χ0) is 24.5. The number of nitrogens with one attached hydrogen (secondary N) is 1. The number of anilines is 1. The van der Waals surface area contributed by atoms with Gasteiger partial charge in [0.05, 0.1) is 45.3 Å².